The van der Waals surface area contributed by atoms with Gasteiger partial charge in [0.2, 0.25) is 17.1 Å². The summed E-state index contributed by atoms with van der Waals surface area (Å²) in [5.74, 6) is -5.19. The predicted molar refractivity (Wildman–Crippen MR) is 369 cm³/mol. The average molecular weight is 1370 g/mol. The van der Waals surface area contributed by atoms with Crippen LogP contribution in [0.1, 0.15) is 155 Å². The number of cyclic esters (lactones) is 3. The monoisotopic (exact) mass is 1370 g/mol. The molecule has 5 N–H and O–H groups in total. The third kappa shape index (κ3) is 12.8. The number of hydrogen-bond donors (Lipinski definition) is 4. The number of carbonyl (C=O) groups excluding carboxylic acids is 6. The highest BCUT2D eigenvalue weighted by Gasteiger charge is 2.52. The van der Waals surface area contributed by atoms with Gasteiger partial charge in [-0.2, -0.15) is 0 Å². The van der Waals surface area contributed by atoms with E-state index in [9.17, 15) is 53.1 Å². The van der Waals surface area contributed by atoms with Crippen LogP contribution < -0.4 is 27.7 Å². The number of aliphatic hydroxyl groups is 1. The number of aromatic nitrogens is 6. The van der Waals surface area contributed by atoms with Crippen molar-refractivity contribution in [1.82, 2.24) is 34.0 Å². The van der Waals surface area contributed by atoms with Crippen LogP contribution in [0, 0.1) is 0 Å². The molecule has 0 saturated heterocycles. The number of carboxylic acids is 1. The minimum absolute atomic E-state index is 0.0263. The summed E-state index contributed by atoms with van der Waals surface area (Å²) in [5.41, 5.74) is 9.60. The van der Waals surface area contributed by atoms with Gasteiger partial charge in [0.05, 0.1) is 106 Å². The molecule has 6 aliphatic rings. The minimum Gasteiger partial charge on any atom is -0.481 e. The van der Waals surface area contributed by atoms with Crippen LogP contribution in [0.15, 0.2) is 124 Å². The standard InChI is InChI=1S/C28H29N3O6.C24H20N2O7.C20H16N2O4.C4H11N/c1-3-5-12-29-23(32)10-11-24(33)37-28(4-2)20-14-22-25-18(13-17-8-6-7-9-21(17)30-25)15-31(22)26(34)19(20)16-36-27(28)35;1-2-24(33-20(29)8-7-19(27)28)16-10-18-21-14(9-13-5-3-4-6-17(13)25-21)11-26(18)22(30)15(16)12-32-23(24)31;1-2-20(25)14-8-16-17-12(7-11-5-3-4-6-15(11)21-17)9-22(16)18(23)13(14)10-26-19(20)24;1-2-3-4-5/h6-9,13-14H,3-5,10-12,15-16H2,1-2H3,(H,29,32);3-6,9-10H,2,7-8,11-12H2,1H3,(H,27,28);3-8,25H,2,9-10H2,1H3;2-5H2,1H3/t28-;24-;20-;/m000./s1. The van der Waals surface area contributed by atoms with E-state index in [1.165, 1.54) is 12.8 Å². The van der Waals surface area contributed by atoms with E-state index < -0.39 is 65.5 Å². The quantitative estimate of drug-likeness (QED) is 0.0399. The highest BCUT2D eigenvalue weighted by Crippen LogP contribution is 2.44. The minimum atomic E-state index is -1.82. The van der Waals surface area contributed by atoms with Crippen LogP contribution in [-0.4, -0.2) is 93.7 Å². The highest BCUT2D eigenvalue weighted by atomic mass is 16.6. The van der Waals surface area contributed by atoms with E-state index in [-0.39, 0.29) is 91.2 Å². The fourth-order valence-electron chi connectivity index (χ4n) is 13.7. The lowest BCUT2D eigenvalue weighted by Gasteiger charge is -2.35. The number of carbonyl (C=O) groups is 7. The molecule has 522 valence electrons. The van der Waals surface area contributed by atoms with Gasteiger partial charge in [-0.1, -0.05) is 102 Å². The summed E-state index contributed by atoms with van der Waals surface area (Å²) in [7, 11) is 0. The van der Waals surface area contributed by atoms with Crippen molar-refractivity contribution in [2.24, 2.45) is 5.73 Å². The molecule has 25 heteroatoms. The van der Waals surface area contributed by atoms with E-state index >= 15 is 0 Å². The van der Waals surface area contributed by atoms with Crippen molar-refractivity contribution in [1.29, 1.82) is 0 Å². The van der Waals surface area contributed by atoms with E-state index in [0.29, 0.717) is 71.3 Å². The highest BCUT2D eigenvalue weighted by molar-refractivity contribution is 5.92. The molecule has 3 atom stereocenters. The van der Waals surface area contributed by atoms with E-state index in [2.05, 4.69) is 12.2 Å². The molecule has 9 aromatic rings. The fraction of sp³-hybridized carbons (Fsp3) is 0.355. The number of hydrogen-bond acceptors (Lipinski definition) is 20. The Morgan fingerprint density at radius 1 is 0.505 bits per heavy atom. The molecule has 6 aliphatic heterocycles. The van der Waals surface area contributed by atoms with Gasteiger partial charge in [-0.15, -0.1) is 0 Å². The molecule has 15 rings (SSSR count). The second-order valence-electron chi connectivity index (χ2n) is 25.5. The summed E-state index contributed by atoms with van der Waals surface area (Å²) >= 11 is 0. The molecule has 0 unspecified atom stereocenters. The summed E-state index contributed by atoms with van der Waals surface area (Å²) < 4.78 is 31.8. The molecule has 12 heterocycles. The average Bonchev–Trinajstić information content (AvgIpc) is 1.66. The number of benzene rings is 3. The van der Waals surface area contributed by atoms with Gasteiger partial charge in [-0.25, -0.2) is 29.3 Å². The van der Waals surface area contributed by atoms with Crippen molar-refractivity contribution < 1.29 is 67.5 Å². The lowest BCUT2D eigenvalue weighted by atomic mass is 9.85. The number of pyridine rings is 6. The number of nitrogens with two attached hydrogens (primary N) is 1. The Balaban J connectivity index is 0.000000140. The predicted octanol–water partition coefficient (Wildman–Crippen LogP) is 8.65. The number of unbranched alkanes of at least 4 members (excludes halogenated alkanes) is 2. The summed E-state index contributed by atoms with van der Waals surface area (Å²) in [6.07, 6.45) is 3.35. The second kappa shape index (κ2) is 28.7. The Bertz CT molecular complexity index is 5090. The van der Waals surface area contributed by atoms with Crippen molar-refractivity contribution in [2.45, 2.75) is 162 Å². The van der Waals surface area contributed by atoms with Crippen molar-refractivity contribution in [3.8, 4) is 34.2 Å². The third-order valence-corrected chi connectivity index (χ3v) is 19.3. The molecular weight excluding hydrogens is 1300 g/mol. The Labute approximate surface area is 578 Å². The maximum Gasteiger partial charge on any atom is 0.355 e. The molecule has 3 aromatic carbocycles. The van der Waals surface area contributed by atoms with Gasteiger partial charge in [0.25, 0.3) is 16.7 Å². The molecule has 0 bridgehead atoms. The Kier molecular flexibility index (Phi) is 19.8. The first kappa shape index (κ1) is 69.8. The van der Waals surface area contributed by atoms with Crippen molar-refractivity contribution in [2.75, 3.05) is 13.1 Å². The number of ether oxygens (including phenoxy) is 5. The topological polar surface area (TPSA) is 349 Å². The SMILES string of the molecule is CCCCN.CCCCNC(=O)CCC(=O)O[C@]1(CC)C(=O)OCc2c1cc1n(c2=O)Cc2cc3ccccc3nc2-1.CC[C@@]1(O)C(=O)OCc2c1cc1n(c2=O)Cc2cc3ccccc3nc2-1.CC[C@@]1(OC(=O)CCC(=O)O)C(=O)OCc2c1cc1n(c2=O)Cc2cc3ccccc3nc2-1. The first-order chi connectivity index (χ1) is 48.6. The van der Waals surface area contributed by atoms with Crippen LogP contribution in [0.3, 0.4) is 0 Å². The summed E-state index contributed by atoms with van der Waals surface area (Å²) in [4.78, 5) is 140. The van der Waals surface area contributed by atoms with E-state index in [4.69, 9.17) is 49.5 Å². The smallest absolute Gasteiger partial charge is 0.355 e. The first-order valence-electron chi connectivity index (χ1n) is 34.0. The summed E-state index contributed by atoms with van der Waals surface area (Å²) in [5, 5.41) is 25.4. The normalized spacial score (nSPS) is 18.1. The zero-order chi connectivity index (χ0) is 71.7. The van der Waals surface area contributed by atoms with Crippen molar-refractivity contribution >= 4 is 74.4 Å². The Hall–Kier alpha value is -11.1. The number of rotatable bonds is 16. The molecule has 0 aliphatic carbocycles. The van der Waals surface area contributed by atoms with Crippen LogP contribution in [-0.2, 0) is 114 Å². The number of nitrogens with one attached hydrogen (secondary N) is 1. The van der Waals surface area contributed by atoms with Crippen LogP contribution in [0.2, 0.25) is 0 Å². The van der Waals surface area contributed by atoms with Gasteiger partial charge >= 0.3 is 35.8 Å². The third-order valence-electron chi connectivity index (χ3n) is 19.3. The fourth-order valence-corrected chi connectivity index (χ4v) is 13.7. The lowest BCUT2D eigenvalue weighted by Crippen LogP contribution is -2.47. The maximum atomic E-state index is 13.6. The van der Waals surface area contributed by atoms with Crippen LogP contribution in [0.25, 0.3) is 66.9 Å². The summed E-state index contributed by atoms with van der Waals surface area (Å²) in [6.45, 7) is 11.2. The molecule has 1 amide bonds. The van der Waals surface area contributed by atoms with Gasteiger partial charge < -0.3 is 58.6 Å². The molecule has 0 saturated carbocycles. The molecule has 0 fully saturated rings. The Morgan fingerprint density at radius 3 is 1.25 bits per heavy atom. The van der Waals surface area contributed by atoms with Gasteiger partial charge in [0.15, 0.2) is 5.60 Å². The van der Waals surface area contributed by atoms with E-state index in [1.54, 1.807) is 52.7 Å². The number of amides is 1. The number of nitrogens with zero attached hydrogens (tertiary/aromatic N) is 6. The number of fused-ring (bicyclic) bond motifs is 15. The van der Waals surface area contributed by atoms with Gasteiger partial charge in [-0.3, -0.25) is 33.6 Å². The van der Waals surface area contributed by atoms with Crippen molar-refractivity contribution in [3.05, 3.63) is 190 Å². The maximum absolute atomic E-state index is 13.6. The van der Waals surface area contributed by atoms with E-state index in [1.807, 2.05) is 97.9 Å². The molecule has 25 nitrogen and oxygen atoms in total. The molecule has 0 spiro atoms. The summed E-state index contributed by atoms with van der Waals surface area (Å²) in [6, 6.07) is 34.3. The van der Waals surface area contributed by atoms with Crippen LogP contribution in [0.4, 0.5) is 0 Å². The van der Waals surface area contributed by atoms with E-state index in [0.717, 1.165) is 74.5 Å². The number of carboxylic acid groups (broad SMARTS) is 1. The van der Waals surface area contributed by atoms with Gasteiger partial charge in [0.1, 0.15) is 19.8 Å². The Morgan fingerprint density at radius 2 is 0.881 bits per heavy atom. The number of esters is 5. The molecular formula is C76H76N8O17. The first-order valence-corrected chi connectivity index (χ1v) is 34.0. The molecule has 0 radical (unpaired) electrons. The second-order valence-corrected chi connectivity index (χ2v) is 25.5. The van der Waals surface area contributed by atoms with Gasteiger partial charge in [0, 0.05) is 62.5 Å². The molecule has 101 heavy (non-hydrogen) atoms. The largest absolute Gasteiger partial charge is 0.481 e. The zero-order valence-corrected chi connectivity index (χ0v) is 56.6. The van der Waals surface area contributed by atoms with Gasteiger partial charge in [-0.05, 0) is 93.2 Å². The van der Waals surface area contributed by atoms with Crippen LogP contribution >= 0.6 is 0 Å². The van der Waals surface area contributed by atoms with Crippen LogP contribution in [0.5, 0.6) is 0 Å². The van der Waals surface area contributed by atoms with Crippen molar-refractivity contribution in [3.63, 3.8) is 0 Å². The lowest BCUT2D eigenvalue weighted by molar-refractivity contribution is -0.189. The number of para-hydroxylation sites is 3. The molecule has 6 aromatic heterocycles. The zero-order valence-electron chi connectivity index (χ0n) is 56.6. The number of aliphatic carboxylic acids is 1.